The number of ether oxygens (including phenoxy) is 3. The number of benzene rings is 1. The van der Waals surface area contributed by atoms with E-state index in [1.807, 2.05) is 44.2 Å². The van der Waals surface area contributed by atoms with Crippen molar-refractivity contribution in [3.8, 4) is 0 Å². The minimum absolute atomic E-state index is 0.0960. The summed E-state index contributed by atoms with van der Waals surface area (Å²) in [5.74, 6) is -0.338. The fraction of sp³-hybridized carbons (Fsp3) is 0.600. The molecular weight excluding hydrogens is 320 g/mol. The Morgan fingerprint density at radius 1 is 1.08 bits per heavy atom. The molecule has 0 spiro atoms. The first-order valence-corrected chi connectivity index (χ1v) is 9.12. The Labute approximate surface area is 149 Å². The average Bonchev–Trinajstić information content (AvgIpc) is 2.60. The Kier molecular flexibility index (Phi) is 7.76. The molecule has 5 nitrogen and oxygen atoms in total. The van der Waals surface area contributed by atoms with Gasteiger partial charge in [0.05, 0.1) is 0 Å². The molecule has 0 aromatic heterocycles. The number of carbonyl (C=O) groups is 2. The summed E-state index contributed by atoms with van der Waals surface area (Å²) in [6.45, 7) is 4.09. The third-order valence-electron chi connectivity index (χ3n) is 4.23. The molecule has 0 saturated heterocycles. The molecule has 0 unspecified atom stereocenters. The predicted molar refractivity (Wildman–Crippen MR) is 93.9 cm³/mol. The van der Waals surface area contributed by atoms with Crippen molar-refractivity contribution in [3.63, 3.8) is 0 Å². The van der Waals surface area contributed by atoms with Crippen LogP contribution in [0.25, 0.3) is 0 Å². The van der Waals surface area contributed by atoms with E-state index in [0.717, 1.165) is 31.2 Å². The van der Waals surface area contributed by atoms with Gasteiger partial charge in [-0.1, -0.05) is 50.6 Å². The Morgan fingerprint density at radius 3 is 2.40 bits per heavy atom. The number of hydrogen-bond acceptors (Lipinski definition) is 5. The van der Waals surface area contributed by atoms with Gasteiger partial charge in [0.15, 0.2) is 0 Å². The van der Waals surface area contributed by atoms with Crippen molar-refractivity contribution < 1.29 is 23.8 Å². The third-order valence-corrected chi connectivity index (χ3v) is 4.23. The molecule has 0 aliphatic heterocycles. The number of hydrogen-bond donors (Lipinski definition) is 0. The van der Waals surface area contributed by atoms with Gasteiger partial charge in [0, 0.05) is 0 Å². The SMILES string of the molecule is CC(C)C[C@H](OC(=O)OC1CCCCC1)C(=O)OCc1ccccc1. The van der Waals surface area contributed by atoms with Crippen LogP contribution in [0.4, 0.5) is 4.79 Å². The highest BCUT2D eigenvalue weighted by molar-refractivity contribution is 5.77. The normalized spacial score (nSPS) is 16.3. The fourth-order valence-corrected chi connectivity index (χ4v) is 2.91. The van der Waals surface area contributed by atoms with Crippen LogP contribution in [0.5, 0.6) is 0 Å². The summed E-state index contributed by atoms with van der Waals surface area (Å²) < 4.78 is 15.9. The van der Waals surface area contributed by atoms with E-state index in [2.05, 4.69) is 0 Å². The van der Waals surface area contributed by atoms with Crippen molar-refractivity contribution in [2.24, 2.45) is 5.92 Å². The van der Waals surface area contributed by atoms with E-state index in [9.17, 15) is 9.59 Å². The van der Waals surface area contributed by atoms with Gasteiger partial charge >= 0.3 is 12.1 Å². The highest BCUT2D eigenvalue weighted by Crippen LogP contribution is 2.21. The predicted octanol–water partition coefficient (Wildman–Crippen LogP) is 4.63. The molecule has 25 heavy (non-hydrogen) atoms. The fourth-order valence-electron chi connectivity index (χ4n) is 2.91. The molecule has 0 heterocycles. The van der Waals surface area contributed by atoms with Gasteiger partial charge < -0.3 is 14.2 Å². The van der Waals surface area contributed by atoms with E-state index in [1.165, 1.54) is 6.42 Å². The van der Waals surface area contributed by atoms with E-state index < -0.39 is 18.2 Å². The maximum absolute atomic E-state index is 12.3. The van der Waals surface area contributed by atoms with Crippen molar-refractivity contribution in [1.29, 1.82) is 0 Å². The van der Waals surface area contributed by atoms with Gasteiger partial charge in [-0.2, -0.15) is 0 Å². The Bertz CT molecular complexity index is 534. The van der Waals surface area contributed by atoms with Crippen LogP contribution in [0, 0.1) is 5.92 Å². The lowest BCUT2D eigenvalue weighted by atomic mass is 9.98. The Morgan fingerprint density at radius 2 is 1.76 bits per heavy atom. The number of carbonyl (C=O) groups excluding carboxylic acids is 2. The smallest absolute Gasteiger partial charge is 0.458 e. The quantitative estimate of drug-likeness (QED) is 0.672. The lowest BCUT2D eigenvalue weighted by molar-refractivity contribution is -0.158. The van der Waals surface area contributed by atoms with Crippen LogP contribution in [0.2, 0.25) is 0 Å². The first-order chi connectivity index (χ1) is 12.0. The van der Waals surface area contributed by atoms with Crippen LogP contribution in [0.15, 0.2) is 30.3 Å². The van der Waals surface area contributed by atoms with E-state index in [0.29, 0.717) is 6.42 Å². The van der Waals surface area contributed by atoms with Crippen molar-refractivity contribution in [2.45, 2.75) is 71.2 Å². The van der Waals surface area contributed by atoms with Crippen molar-refractivity contribution in [3.05, 3.63) is 35.9 Å². The van der Waals surface area contributed by atoms with Crippen LogP contribution in [0.1, 0.15) is 57.9 Å². The molecule has 138 valence electrons. The van der Waals surface area contributed by atoms with E-state index in [4.69, 9.17) is 14.2 Å². The average molecular weight is 348 g/mol. The minimum Gasteiger partial charge on any atom is -0.458 e. The zero-order valence-corrected chi connectivity index (χ0v) is 15.1. The first kappa shape index (κ1) is 19.3. The second-order valence-electron chi connectivity index (χ2n) is 6.96. The van der Waals surface area contributed by atoms with Gasteiger partial charge in [-0.3, -0.25) is 0 Å². The molecule has 1 aliphatic rings. The molecule has 0 amide bonds. The lowest BCUT2D eigenvalue weighted by Gasteiger charge is -2.23. The monoisotopic (exact) mass is 348 g/mol. The van der Waals surface area contributed by atoms with E-state index >= 15 is 0 Å². The summed E-state index contributed by atoms with van der Waals surface area (Å²) in [6.07, 6.45) is 3.64. The highest BCUT2D eigenvalue weighted by Gasteiger charge is 2.28. The summed E-state index contributed by atoms with van der Waals surface area (Å²) in [5, 5.41) is 0. The highest BCUT2D eigenvalue weighted by atomic mass is 16.7. The van der Waals surface area contributed by atoms with Gasteiger partial charge in [0.25, 0.3) is 0 Å². The van der Waals surface area contributed by atoms with Gasteiger partial charge in [0.1, 0.15) is 12.7 Å². The summed E-state index contributed by atoms with van der Waals surface area (Å²) in [5.41, 5.74) is 0.893. The van der Waals surface area contributed by atoms with E-state index in [-0.39, 0.29) is 18.6 Å². The standard InChI is InChI=1S/C20H28O5/c1-15(2)13-18(19(21)23-14-16-9-5-3-6-10-16)25-20(22)24-17-11-7-4-8-12-17/h3,5-6,9-10,15,17-18H,4,7-8,11-14H2,1-2H3/t18-/m0/s1. The largest absolute Gasteiger partial charge is 0.509 e. The molecule has 0 radical (unpaired) electrons. The van der Waals surface area contributed by atoms with Crippen molar-refractivity contribution >= 4 is 12.1 Å². The minimum atomic E-state index is -0.931. The van der Waals surface area contributed by atoms with Crippen molar-refractivity contribution in [1.82, 2.24) is 0 Å². The Hall–Kier alpha value is -2.04. The molecule has 1 aromatic rings. The van der Waals surface area contributed by atoms with Gasteiger partial charge in [-0.15, -0.1) is 0 Å². The van der Waals surface area contributed by atoms with Crippen LogP contribution < -0.4 is 0 Å². The molecule has 1 aliphatic carbocycles. The molecule has 1 atom stereocenters. The van der Waals surface area contributed by atoms with Gasteiger partial charge in [-0.25, -0.2) is 9.59 Å². The summed E-state index contributed by atoms with van der Waals surface area (Å²) >= 11 is 0. The van der Waals surface area contributed by atoms with E-state index in [1.54, 1.807) is 0 Å². The molecular formula is C20H28O5. The molecule has 0 bridgehead atoms. The summed E-state index contributed by atoms with van der Waals surface area (Å²) in [4.78, 5) is 24.4. The lowest BCUT2D eigenvalue weighted by Crippen LogP contribution is -2.32. The molecule has 2 rings (SSSR count). The van der Waals surface area contributed by atoms with Crippen LogP contribution in [-0.2, 0) is 25.6 Å². The zero-order valence-electron chi connectivity index (χ0n) is 15.1. The van der Waals surface area contributed by atoms with Crippen LogP contribution in [0.3, 0.4) is 0 Å². The topological polar surface area (TPSA) is 61.8 Å². The molecule has 0 N–H and O–H groups in total. The third kappa shape index (κ3) is 7.16. The maximum Gasteiger partial charge on any atom is 0.509 e. The first-order valence-electron chi connectivity index (χ1n) is 9.12. The maximum atomic E-state index is 12.3. The molecule has 5 heteroatoms. The molecule has 1 aromatic carbocycles. The summed E-state index contributed by atoms with van der Waals surface area (Å²) in [6, 6.07) is 9.42. The van der Waals surface area contributed by atoms with Gasteiger partial charge in [0.2, 0.25) is 6.10 Å². The molecule has 1 saturated carbocycles. The number of esters is 1. The summed E-state index contributed by atoms with van der Waals surface area (Å²) in [7, 11) is 0. The Balaban J connectivity index is 1.85. The van der Waals surface area contributed by atoms with Crippen LogP contribution >= 0.6 is 0 Å². The second kappa shape index (κ2) is 10.1. The zero-order chi connectivity index (χ0) is 18.1. The molecule has 1 fully saturated rings. The van der Waals surface area contributed by atoms with Crippen LogP contribution in [-0.4, -0.2) is 24.3 Å². The number of rotatable bonds is 7. The second-order valence-corrected chi connectivity index (χ2v) is 6.96. The van der Waals surface area contributed by atoms with Gasteiger partial charge in [-0.05, 0) is 43.6 Å². The van der Waals surface area contributed by atoms with Crippen molar-refractivity contribution in [2.75, 3.05) is 0 Å².